The van der Waals surface area contributed by atoms with Crippen molar-refractivity contribution in [3.05, 3.63) is 48.7 Å². The minimum Gasteiger partial charge on any atom is -0.396 e. The number of nitrogens with zero attached hydrogens (tertiary/aromatic N) is 4. The summed E-state index contributed by atoms with van der Waals surface area (Å²) in [4.78, 5) is 7.13. The van der Waals surface area contributed by atoms with Gasteiger partial charge in [-0.25, -0.2) is 4.98 Å². The lowest BCUT2D eigenvalue weighted by atomic mass is 9.99. The lowest BCUT2D eigenvalue weighted by molar-refractivity contribution is 0.123. The fraction of sp³-hybridized carbons (Fsp3) is 0.400. The Labute approximate surface area is 153 Å². The van der Waals surface area contributed by atoms with Gasteiger partial charge in [-0.1, -0.05) is 30.3 Å². The number of nitrogens with one attached hydrogen (secondary N) is 1. The average molecular weight is 351 g/mol. The molecule has 3 aromatic rings. The first-order chi connectivity index (χ1) is 12.8. The van der Waals surface area contributed by atoms with Crippen LogP contribution in [-0.2, 0) is 0 Å². The maximum absolute atomic E-state index is 9.38. The predicted molar refractivity (Wildman–Crippen MR) is 103 cm³/mol. The number of benzene rings is 1. The zero-order valence-corrected chi connectivity index (χ0v) is 14.9. The third-order valence-electron chi connectivity index (χ3n) is 5.02. The molecular weight excluding hydrogens is 326 g/mol. The third kappa shape index (κ3) is 3.71. The van der Waals surface area contributed by atoms with E-state index in [1.807, 2.05) is 28.8 Å². The lowest BCUT2D eigenvalue weighted by Gasteiger charge is -2.31. The van der Waals surface area contributed by atoms with Crippen molar-refractivity contribution in [1.82, 2.24) is 19.5 Å². The summed E-state index contributed by atoms with van der Waals surface area (Å²) >= 11 is 0. The molecule has 6 heteroatoms. The number of likely N-dealkylation sites (tertiary alicyclic amines) is 1. The van der Waals surface area contributed by atoms with Crippen LogP contribution in [0.15, 0.2) is 48.7 Å². The molecule has 0 aliphatic carbocycles. The Morgan fingerprint density at radius 1 is 1.19 bits per heavy atom. The number of anilines is 1. The Balaban J connectivity index is 1.48. The van der Waals surface area contributed by atoms with Gasteiger partial charge in [0.2, 0.25) is 0 Å². The van der Waals surface area contributed by atoms with Crippen molar-refractivity contribution in [2.75, 3.05) is 38.1 Å². The summed E-state index contributed by atoms with van der Waals surface area (Å²) in [7, 11) is 0. The zero-order valence-electron chi connectivity index (χ0n) is 14.9. The molecule has 0 radical (unpaired) electrons. The molecule has 0 amide bonds. The van der Waals surface area contributed by atoms with Crippen molar-refractivity contribution >= 4 is 11.5 Å². The molecule has 1 aromatic carbocycles. The van der Waals surface area contributed by atoms with Crippen LogP contribution in [0.3, 0.4) is 0 Å². The van der Waals surface area contributed by atoms with Crippen LogP contribution in [0.25, 0.3) is 16.9 Å². The summed E-state index contributed by atoms with van der Waals surface area (Å²) < 4.78 is 1.85. The van der Waals surface area contributed by atoms with Gasteiger partial charge in [0, 0.05) is 43.9 Å². The number of aromatic nitrogens is 3. The van der Waals surface area contributed by atoms with Crippen LogP contribution >= 0.6 is 0 Å². The van der Waals surface area contributed by atoms with Crippen molar-refractivity contribution < 1.29 is 5.11 Å². The van der Waals surface area contributed by atoms with E-state index in [0.717, 1.165) is 55.3 Å². The molecule has 136 valence electrons. The van der Waals surface area contributed by atoms with Gasteiger partial charge in [-0.15, -0.1) is 0 Å². The van der Waals surface area contributed by atoms with Gasteiger partial charge < -0.3 is 15.3 Å². The molecule has 2 N–H and O–H groups in total. The van der Waals surface area contributed by atoms with Gasteiger partial charge in [-0.2, -0.15) is 9.61 Å². The van der Waals surface area contributed by atoms with Gasteiger partial charge in [0.25, 0.3) is 0 Å². The van der Waals surface area contributed by atoms with E-state index in [1.54, 1.807) is 6.20 Å². The van der Waals surface area contributed by atoms with Gasteiger partial charge in [0.05, 0.1) is 11.9 Å². The maximum Gasteiger partial charge on any atom is 0.157 e. The quantitative estimate of drug-likeness (QED) is 0.714. The van der Waals surface area contributed by atoms with Crippen LogP contribution in [0.4, 0.5) is 5.82 Å². The van der Waals surface area contributed by atoms with Crippen LogP contribution in [0.2, 0.25) is 0 Å². The van der Waals surface area contributed by atoms with E-state index in [1.165, 1.54) is 6.42 Å². The van der Waals surface area contributed by atoms with Crippen molar-refractivity contribution in [2.45, 2.75) is 12.8 Å². The molecule has 4 rings (SSSR count). The number of rotatable bonds is 6. The van der Waals surface area contributed by atoms with Gasteiger partial charge in [-0.3, -0.25) is 0 Å². The largest absolute Gasteiger partial charge is 0.396 e. The number of aliphatic hydroxyl groups is 1. The van der Waals surface area contributed by atoms with Crippen LogP contribution in [0.5, 0.6) is 0 Å². The van der Waals surface area contributed by atoms with Crippen LogP contribution < -0.4 is 5.32 Å². The fourth-order valence-electron chi connectivity index (χ4n) is 3.64. The molecule has 1 aliphatic rings. The van der Waals surface area contributed by atoms with Crippen molar-refractivity contribution in [1.29, 1.82) is 0 Å². The molecule has 1 unspecified atom stereocenters. The van der Waals surface area contributed by atoms with Gasteiger partial charge >= 0.3 is 0 Å². The van der Waals surface area contributed by atoms with E-state index in [4.69, 9.17) is 4.98 Å². The fourth-order valence-corrected chi connectivity index (χ4v) is 3.64. The molecule has 6 nitrogen and oxygen atoms in total. The second kappa shape index (κ2) is 7.85. The minimum atomic E-state index is 0.294. The van der Waals surface area contributed by atoms with E-state index >= 15 is 0 Å². The third-order valence-corrected chi connectivity index (χ3v) is 5.02. The number of aliphatic hydroxyl groups excluding tert-OH is 1. The second-order valence-corrected chi connectivity index (χ2v) is 6.91. The Hall–Kier alpha value is -2.44. The normalized spacial score (nSPS) is 18.3. The molecule has 2 aromatic heterocycles. The van der Waals surface area contributed by atoms with Crippen LogP contribution in [-0.4, -0.2) is 57.4 Å². The number of piperidine rings is 1. The first-order valence-corrected chi connectivity index (χ1v) is 9.31. The minimum absolute atomic E-state index is 0.294. The molecule has 1 atom stereocenters. The molecule has 3 heterocycles. The highest BCUT2D eigenvalue weighted by Crippen LogP contribution is 2.22. The molecule has 1 fully saturated rings. The van der Waals surface area contributed by atoms with Crippen molar-refractivity contribution in [3.63, 3.8) is 0 Å². The summed E-state index contributed by atoms with van der Waals surface area (Å²) in [5.74, 6) is 1.38. The van der Waals surface area contributed by atoms with Crippen molar-refractivity contribution in [3.8, 4) is 11.3 Å². The maximum atomic E-state index is 9.38. The molecule has 1 aliphatic heterocycles. The lowest BCUT2D eigenvalue weighted by Crippen LogP contribution is -2.39. The molecule has 0 saturated carbocycles. The highest BCUT2D eigenvalue weighted by atomic mass is 16.3. The topological polar surface area (TPSA) is 65.7 Å². The first-order valence-electron chi connectivity index (χ1n) is 9.31. The van der Waals surface area contributed by atoms with Gasteiger partial charge in [-0.05, 0) is 25.3 Å². The summed E-state index contributed by atoms with van der Waals surface area (Å²) in [6, 6.07) is 14.2. The summed E-state index contributed by atoms with van der Waals surface area (Å²) in [5.41, 5.74) is 2.88. The standard InChI is InChI=1S/C20H25N5O/c26-15-16-5-4-11-24(14-16)12-10-21-20-13-18(17-6-2-1-3-7-17)23-19-8-9-22-25(19)20/h1-3,6-9,13,16,21,26H,4-5,10-12,14-15H2. The Kier molecular flexibility index (Phi) is 5.13. The van der Waals surface area contributed by atoms with Gasteiger partial charge in [0.15, 0.2) is 5.65 Å². The summed E-state index contributed by atoms with van der Waals surface area (Å²) in [6.45, 7) is 4.19. The number of hydrogen-bond donors (Lipinski definition) is 2. The zero-order chi connectivity index (χ0) is 17.8. The van der Waals surface area contributed by atoms with Crippen LogP contribution in [0, 0.1) is 5.92 Å². The second-order valence-electron chi connectivity index (χ2n) is 6.91. The van der Waals surface area contributed by atoms with E-state index in [9.17, 15) is 5.11 Å². The Morgan fingerprint density at radius 3 is 2.92 bits per heavy atom. The van der Waals surface area contributed by atoms with Crippen molar-refractivity contribution in [2.24, 2.45) is 5.92 Å². The predicted octanol–water partition coefficient (Wildman–Crippen LogP) is 2.51. The highest BCUT2D eigenvalue weighted by Gasteiger charge is 2.18. The smallest absolute Gasteiger partial charge is 0.157 e. The highest BCUT2D eigenvalue weighted by molar-refractivity contribution is 5.66. The molecular formula is C20H25N5O. The van der Waals surface area contributed by atoms with Gasteiger partial charge in [0.1, 0.15) is 5.82 Å². The van der Waals surface area contributed by atoms with E-state index in [2.05, 4.69) is 33.5 Å². The summed E-state index contributed by atoms with van der Waals surface area (Å²) in [6.07, 6.45) is 4.08. The van der Waals surface area contributed by atoms with E-state index < -0.39 is 0 Å². The van der Waals surface area contributed by atoms with E-state index in [-0.39, 0.29) is 0 Å². The molecule has 0 spiro atoms. The Morgan fingerprint density at radius 2 is 2.08 bits per heavy atom. The average Bonchev–Trinajstić information content (AvgIpc) is 3.18. The molecule has 0 bridgehead atoms. The summed E-state index contributed by atoms with van der Waals surface area (Å²) in [5, 5.41) is 17.3. The van der Waals surface area contributed by atoms with E-state index in [0.29, 0.717) is 12.5 Å². The Bertz CT molecular complexity index is 848. The van der Waals surface area contributed by atoms with Crippen LogP contribution in [0.1, 0.15) is 12.8 Å². The number of fused-ring (bicyclic) bond motifs is 1. The monoisotopic (exact) mass is 351 g/mol. The molecule has 1 saturated heterocycles. The first kappa shape index (κ1) is 17.0. The number of hydrogen-bond acceptors (Lipinski definition) is 5. The molecule has 26 heavy (non-hydrogen) atoms. The SMILES string of the molecule is OCC1CCCN(CCNc2cc(-c3ccccc3)nc3ccnn23)C1.